The first-order valence-electron chi connectivity index (χ1n) is 7.36. The van der Waals surface area contributed by atoms with Crippen LogP contribution < -0.4 is 10.1 Å². The normalized spacial score (nSPS) is 14.9. The number of hydrogen-bond acceptors (Lipinski definition) is 5. The lowest BCUT2D eigenvalue weighted by Gasteiger charge is -2.27. The summed E-state index contributed by atoms with van der Waals surface area (Å²) in [6, 6.07) is 7.72. The minimum Gasteiger partial charge on any atom is -0.484 e. The summed E-state index contributed by atoms with van der Waals surface area (Å²) >= 11 is 1.62. The van der Waals surface area contributed by atoms with Crippen LogP contribution in [0.5, 0.6) is 5.75 Å². The van der Waals surface area contributed by atoms with Crippen molar-refractivity contribution in [2.45, 2.75) is 6.92 Å². The highest BCUT2D eigenvalue weighted by Crippen LogP contribution is 2.25. The zero-order valence-electron chi connectivity index (χ0n) is 12.5. The van der Waals surface area contributed by atoms with Crippen LogP contribution in [0, 0.1) is 6.92 Å². The molecular weight excluding hydrogens is 298 g/mol. The molecule has 0 saturated carbocycles. The van der Waals surface area contributed by atoms with Crippen molar-refractivity contribution in [3.8, 4) is 17.0 Å². The second kappa shape index (κ2) is 6.89. The van der Waals surface area contributed by atoms with Gasteiger partial charge in [-0.05, 0) is 19.1 Å². The van der Waals surface area contributed by atoms with Crippen LogP contribution in [0.25, 0.3) is 11.3 Å². The molecular formula is C16H19N3O2S. The van der Waals surface area contributed by atoms with Gasteiger partial charge in [0.2, 0.25) is 0 Å². The maximum atomic E-state index is 12.1. The molecule has 0 atom stereocenters. The number of ether oxygens (including phenoxy) is 1. The molecule has 116 valence electrons. The van der Waals surface area contributed by atoms with Gasteiger partial charge in [0.1, 0.15) is 5.75 Å². The molecule has 0 aliphatic carbocycles. The van der Waals surface area contributed by atoms with E-state index in [1.807, 2.05) is 41.5 Å². The predicted molar refractivity (Wildman–Crippen MR) is 87.2 cm³/mol. The Bertz CT molecular complexity index is 650. The lowest BCUT2D eigenvalue weighted by molar-refractivity contribution is -0.133. The van der Waals surface area contributed by atoms with E-state index in [1.54, 1.807) is 11.3 Å². The zero-order valence-corrected chi connectivity index (χ0v) is 13.4. The Kier molecular flexibility index (Phi) is 4.70. The fraction of sp³-hybridized carbons (Fsp3) is 0.375. The van der Waals surface area contributed by atoms with E-state index in [2.05, 4.69) is 10.3 Å². The quantitative estimate of drug-likeness (QED) is 0.936. The van der Waals surface area contributed by atoms with E-state index in [0.29, 0.717) is 5.75 Å². The number of aryl methyl sites for hydroxylation is 1. The molecule has 1 N–H and O–H groups in total. The minimum absolute atomic E-state index is 0.0383. The first kappa shape index (κ1) is 15.0. The van der Waals surface area contributed by atoms with Gasteiger partial charge in [0, 0.05) is 37.1 Å². The molecule has 0 spiro atoms. The monoisotopic (exact) mass is 317 g/mol. The Morgan fingerprint density at radius 1 is 1.41 bits per heavy atom. The molecule has 0 unspecified atom stereocenters. The average molecular weight is 317 g/mol. The van der Waals surface area contributed by atoms with Crippen molar-refractivity contribution in [3.63, 3.8) is 0 Å². The Morgan fingerprint density at radius 2 is 2.23 bits per heavy atom. The van der Waals surface area contributed by atoms with E-state index >= 15 is 0 Å². The summed E-state index contributed by atoms with van der Waals surface area (Å²) in [4.78, 5) is 18.4. The number of benzene rings is 1. The molecule has 0 bridgehead atoms. The second-order valence-corrected chi connectivity index (χ2v) is 6.26. The number of carbonyl (C=O) groups is 1. The van der Waals surface area contributed by atoms with Gasteiger partial charge in [-0.2, -0.15) is 0 Å². The highest BCUT2D eigenvalue weighted by atomic mass is 32.1. The largest absolute Gasteiger partial charge is 0.484 e. The first-order chi connectivity index (χ1) is 10.7. The van der Waals surface area contributed by atoms with Gasteiger partial charge in [-0.3, -0.25) is 4.79 Å². The van der Waals surface area contributed by atoms with Gasteiger partial charge >= 0.3 is 0 Å². The van der Waals surface area contributed by atoms with Crippen molar-refractivity contribution in [2.24, 2.45) is 0 Å². The molecule has 0 radical (unpaired) electrons. The van der Waals surface area contributed by atoms with Gasteiger partial charge in [0.05, 0.1) is 10.7 Å². The molecule has 1 amide bonds. The van der Waals surface area contributed by atoms with Crippen molar-refractivity contribution in [3.05, 3.63) is 34.7 Å². The molecule has 22 heavy (non-hydrogen) atoms. The highest BCUT2D eigenvalue weighted by Gasteiger charge is 2.16. The Morgan fingerprint density at radius 3 is 2.95 bits per heavy atom. The molecule has 5 nitrogen and oxygen atoms in total. The summed E-state index contributed by atoms with van der Waals surface area (Å²) in [5.74, 6) is 0.739. The molecule has 1 aromatic carbocycles. The van der Waals surface area contributed by atoms with Gasteiger partial charge in [0.15, 0.2) is 6.61 Å². The van der Waals surface area contributed by atoms with Crippen molar-refractivity contribution in [2.75, 3.05) is 32.8 Å². The van der Waals surface area contributed by atoms with Crippen molar-refractivity contribution < 1.29 is 9.53 Å². The molecule has 6 heteroatoms. The van der Waals surface area contributed by atoms with E-state index in [0.717, 1.165) is 42.4 Å². The summed E-state index contributed by atoms with van der Waals surface area (Å²) < 4.78 is 5.65. The number of hydrogen-bond donors (Lipinski definition) is 1. The molecule has 1 aliphatic heterocycles. The molecule has 2 heterocycles. The average Bonchev–Trinajstić information content (AvgIpc) is 3.00. The van der Waals surface area contributed by atoms with Crippen LogP contribution in [-0.2, 0) is 4.79 Å². The van der Waals surface area contributed by atoms with Crippen molar-refractivity contribution >= 4 is 17.2 Å². The van der Waals surface area contributed by atoms with Crippen LogP contribution in [0.15, 0.2) is 29.6 Å². The molecule has 1 aromatic heterocycles. The summed E-state index contributed by atoms with van der Waals surface area (Å²) in [5.41, 5.74) is 1.96. The van der Waals surface area contributed by atoms with Gasteiger partial charge in [-0.15, -0.1) is 11.3 Å². The summed E-state index contributed by atoms with van der Waals surface area (Å²) in [7, 11) is 0. The van der Waals surface area contributed by atoms with Crippen molar-refractivity contribution in [1.82, 2.24) is 15.2 Å². The number of rotatable bonds is 4. The van der Waals surface area contributed by atoms with Crippen molar-refractivity contribution in [1.29, 1.82) is 0 Å². The maximum Gasteiger partial charge on any atom is 0.260 e. The number of piperazine rings is 1. The van der Waals surface area contributed by atoms with Gasteiger partial charge in [-0.25, -0.2) is 4.98 Å². The number of thiazole rings is 1. The molecule has 3 rings (SSSR count). The fourth-order valence-electron chi connectivity index (χ4n) is 2.39. The third-order valence-corrected chi connectivity index (χ3v) is 4.35. The van der Waals surface area contributed by atoms with Crippen LogP contribution in [0.2, 0.25) is 0 Å². The fourth-order valence-corrected chi connectivity index (χ4v) is 3.01. The summed E-state index contributed by atoms with van der Waals surface area (Å²) in [5, 5.41) is 6.30. The standard InChI is InChI=1S/C16H19N3O2S/c1-12-18-15(11-22-12)13-3-2-4-14(9-13)21-10-16(20)19-7-5-17-6-8-19/h2-4,9,11,17H,5-8,10H2,1H3. The van der Waals surface area contributed by atoms with E-state index in [9.17, 15) is 4.79 Å². The van der Waals surface area contributed by atoms with E-state index in [4.69, 9.17) is 4.74 Å². The van der Waals surface area contributed by atoms with Crippen LogP contribution in [0.1, 0.15) is 5.01 Å². The Balaban J connectivity index is 1.62. The second-order valence-electron chi connectivity index (χ2n) is 5.20. The maximum absolute atomic E-state index is 12.1. The third-order valence-electron chi connectivity index (χ3n) is 3.58. The SMILES string of the molecule is Cc1nc(-c2cccc(OCC(=O)N3CCNCC3)c2)cs1. The highest BCUT2D eigenvalue weighted by molar-refractivity contribution is 7.09. The Hall–Kier alpha value is -1.92. The molecule has 1 aliphatic rings. The van der Waals surface area contributed by atoms with Gasteiger partial charge in [0.25, 0.3) is 5.91 Å². The predicted octanol–water partition coefficient (Wildman–Crippen LogP) is 1.93. The van der Waals surface area contributed by atoms with E-state index in [-0.39, 0.29) is 12.5 Å². The van der Waals surface area contributed by atoms with E-state index in [1.165, 1.54) is 0 Å². The number of amides is 1. The number of carbonyl (C=O) groups excluding carboxylic acids is 1. The van der Waals surface area contributed by atoms with E-state index < -0.39 is 0 Å². The molecule has 2 aromatic rings. The smallest absolute Gasteiger partial charge is 0.260 e. The van der Waals surface area contributed by atoms with Crippen LogP contribution in [-0.4, -0.2) is 48.6 Å². The first-order valence-corrected chi connectivity index (χ1v) is 8.24. The lowest BCUT2D eigenvalue weighted by atomic mass is 10.2. The number of nitrogens with zero attached hydrogens (tertiary/aromatic N) is 2. The zero-order chi connectivity index (χ0) is 15.4. The Labute approximate surface area is 133 Å². The van der Waals surface area contributed by atoms with Crippen LogP contribution >= 0.6 is 11.3 Å². The molecule has 1 saturated heterocycles. The molecule has 1 fully saturated rings. The van der Waals surface area contributed by atoms with Crippen LogP contribution in [0.4, 0.5) is 0 Å². The minimum atomic E-state index is 0.0383. The third kappa shape index (κ3) is 3.64. The number of nitrogens with one attached hydrogen (secondary N) is 1. The van der Waals surface area contributed by atoms with Gasteiger partial charge < -0.3 is 15.0 Å². The van der Waals surface area contributed by atoms with Crippen LogP contribution in [0.3, 0.4) is 0 Å². The topological polar surface area (TPSA) is 54.5 Å². The summed E-state index contributed by atoms with van der Waals surface area (Å²) in [6.07, 6.45) is 0. The van der Waals surface area contributed by atoms with Gasteiger partial charge in [-0.1, -0.05) is 12.1 Å². The number of aromatic nitrogens is 1. The lowest BCUT2D eigenvalue weighted by Crippen LogP contribution is -2.47. The summed E-state index contributed by atoms with van der Waals surface area (Å²) in [6.45, 7) is 5.27.